The Kier molecular flexibility index (Phi) is 6.24. The first-order valence-corrected chi connectivity index (χ1v) is 9.21. The molecule has 0 aliphatic heterocycles. The summed E-state index contributed by atoms with van der Waals surface area (Å²) in [5, 5.41) is 13.9. The fraction of sp³-hybridized carbons (Fsp3) is 0.174. The van der Waals surface area contributed by atoms with Crippen LogP contribution in [0.4, 0.5) is 11.4 Å². The van der Waals surface area contributed by atoms with Crippen molar-refractivity contribution in [1.29, 1.82) is 0 Å². The third-order valence-electron chi connectivity index (χ3n) is 4.82. The minimum Gasteiger partial charge on any atom is -0.497 e. The van der Waals surface area contributed by atoms with E-state index in [1.54, 1.807) is 20.1 Å². The molecule has 0 aliphatic carbocycles. The van der Waals surface area contributed by atoms with Crippen LogP contribution in [-0.2, 0) is 4.79 Å². The van der Waals surface area contributed by atoms with E-state index in [0.717, 1.165) is 22.4 Å². The van der Waals surface area contributed by atoms with Crippen molar-refractivity contribution < 1.29 is 14.5 Å². The molecule has 0 aliphatic rings. The van der Waals surface area contributed by atoms with Crippen molar-refractivity contribution in [3.05, 3.63) is 99.6 Å². The number of methoxy groups -OCH3 is 1. The van der Waals surface area contributed by atoms with Gasteiger partial charge >= 0.3 is 0 Å². The van der Waals surface area contributed by atoms with Crippen molar-refractivity contribution in [1.82, 2.24) is 0 Å². The Morgan fingerprint density at radius 3 is 2.31 bits per heavy atom. The molecule has 1 atom stereocenters. The molecule has 0 saturated heterocycles. The lowest BCUT2D eigenvalue weighted by Crippen LogP contribution is -2.17. The van der Waals surface area contributed by atoms with Gasteiger partial charge in [0.15, 0.2) is 0 Å². The van der Waals surface area contributed by atoms with E-state index in [-0.39, 0.29) is 23.9 Å². The monoisotopic (exact) mass is 390 g/mol. The highest BCUT2D eigenvalue weighted by molar-refractivity contribution is 5.92. The number of benzene rings is 3. The fourth-order valence-corrected chi connectivity index (χ4v) is 3.19. The van der Waals surface area contributed by atoms with Gasteiger partial charge in [-0.05, 0) is 35.7 Å². The minimum atomic E-state index is -0.473. The molecule has 0 fully saturated rings. The van der Waals surface area contributed by atoms with Gasteiger partial charge in [-0.2, -0.15) is 0 Å². The third-order valence-corrected chi connectivity index (χ3v) is 4.82. The molecule has 3 rings (SSSR count). The van der Waals surface area contributed by atoms with Crippen LogP contribution in [0, 0.1) is 17.0 Å². The van der Waals surface area contributed by atoms with Crippen LogP contribution in [0.3, 0.4) is 0 Å². The van der Waals surface area contributed by atoms with E-state index in [1.165, 1.54) is 12.1 Å². The second-order valence-electron chi connectivity index (χ2n) is 6.75. The Balaban J connectivity index is 1.85. The van der Waals surface area contributed by atoms with Gasteiger partial charge in [0.1, 0.15) is 5.75 Å². The predicted molar refractivity (Wildman–Crippen MR) is 112 cm³/mol. The molecule has 3 aromatic rings. The van der Waals surface area contributed by atoms with Crippen LogP contribution in [-0.4, -0.2) is 17.9 Å². The van der Waals surface area contributed by atoms with Gasteiger partial charge < -0.3 is 10.1 Å². The Morgan fingerprint density at radius 2 is 1.69 bits per heavy atom. The third kappa shape index (κ3) is 4.99. The molecule has 29 heavy (non-hydrogen) atoms. The zero-order valence-corrected chi connectivity index (χ0v) is 16.3. The van der Waals surface area contributed by atoms with Crippen LogP contribution < -0.4 is 10.1 Å². The summed E-state index contributed by atoms with van der Waals surface area (Å²) in [7, 11) is 1.61. The van der Waals surface area contributed by atoms with E-state index in [0.29, 0.717) is 5.69 Å². The van der Waals surface area contributed by atoms with E-state index in [1.807, 2.05) is 54.6 Å². The number of ether oxygens (including phenoxy) is 1. The van der Waals surface area contributed by atoms with E-state index >= 15 is 0 Å². The van der Waals surface area contributed by atoms with E-state index < -0.39 is 4.92 Å². The number of nitrogens with zero attached hydrogens (tertiary/aromatic N) is 1. The Morgan fingerprint density at radius 1 is 1.03 bits per heavy atom. The number of carbonyl (C=O) groups is 1. The maximum Gasteiger partial charge on any atom is 0.271 e. The molecule has 3 aromatic carbocycles. The summed E-state index contributed by atoms with van der Waals surface area (Å²) in [5.41, 5.74) is 3.17. The van der Waals surface area contributed by atoms with E-state index in [4.69, 9.17) is 4.74 Å². The summed E-state index contributed by atoms with van der Waals surface area (Å²) in [6.07, 6.45) is 0.207. The van der Waals surface area contributed by atoms with E-state index in [2.05, 4.69) is 5.32 Å². The topological polar surface area (TPSA) is 81.5 Å². The average molecular weight is 390 g/mol. The number of anilines is 1. The summed E-state index contributed by atoms with van der Waals surface area (Å²) < 4.78 is 5.22. The number of nitro benzene ring substituents is 1. The van der Waals surface area contributed by atoms with Gasteiger partial charge in [0.05, 0.1) is 17.7 Å². The van der Waals surface area contributed by atoms with Gasteiger partial charge in [0, 0.05) is 24.5 Å². The molecule has 0 spiro atoms. The number of aryl methyl sites for hydroxylation is 1. The molecule has 0 saturated carbocycles. The first-order chi connectivity index (χ1) is 14.0. The smallest absolute Gasteiger partial charge is 0.271 e. The molecule has 0 heterocycles. The first kappa shape index (κ1) is 20.1. The molecule has 0 radical (unpaired) electrons. The highest BCUT2D eigenvalue weighted by atomic mass is 16.6. The maximum absolute atomic E-state index is 12.8. The van der Waals surface area contributed by atoms with Gasteiger partial charge in [-0.3, -0.25) is 14.9 Å². The fourth-order valence-electron chi connectivity index (χ4n) is 3.19. The van der Waals surface area contributed by atoms with Crippen molar-refractivity contribution in [3.8, 4) is 5.75 Å². The number of hydrogen-bond donors (Lipinski definition) is 1. The van der Waals surface area contributed by atoms with Crippen LogP contribution in [0.2, 0.25) is 0 Å². The van der Waals surface area contributed by atoms with Crippen molar-refractivity contribution in [2.75, 3.05) is 12.4 Å². The zero-order chi connectivity index (χ0) is 20.8. The quantitative estimate of drug-likeness (QED) is 0.451. The Hall–Kier alpha value is -3.67. The summed E-state index contributed by atoms with van der Waals surface area (Å²) in [4.78, 5) is 23.4. The van der Waals surface area contributed by atoms with Gasteiger partial charge in [0.25, 0.3) is 5.69 Å². The second-order valence-corrected chi connectivity index (χ2v) is 6.75. The number of rotatable bonds is 7. The van der Waals surface area contributed by atoms with E-state index in [9.17, 15) is 14.9 Å². The van der Waals surface area contributed by atoms with Gasteiger partial charge in [0.2, 0.25) is 5.91 Å². The summed E-state index contributed by atoms with van der Waals surface area (Å²) in [6.45, 7) is 1.80. The first-order valence-electron chi connectivity index (χ1n) is 9.21. The standard InChI is InChI=1S/C23H22N2O4/c1-16-8-11-19(25(27)28)14-22(16)24-23(26)15-21(17-6-4-3-5-7-17)18-9-12-20(29-2)13-10-18/h3-14,21H,15H2,1-2H3,(H,24,26)/t21-/m1/s1. The van der Waals surface area contributed by atoms with Crippen LogP contribution in [0.25, 0.3) is 0 Å². The molecule has 1 amide bonds. The number of nitrogens with one attached hydrogen (secondary N) is 1. The molecular formula is C23H22N2O4. The molecule has 6 heteroatoms. The lowest BCUT2D eigenvalue weighted by molar-refractivity contribution is -0.384. The van der Waals surface area contributed by atoms with Crippen molar-refractivity contribution in [2.24, 2.45) is 0 Å². The Bertz CT molecular complexity index is 1000. The van der Waals surface area contributed by atoms with Crippen LogP contribution in [0.15, 0.2) is 72.8 Å². The summed E-state index contributed by atoms with van der Waals surface area (Å²) >= 11 is 0. The number of carbonyl (C=O) groups excluding carboxylic acids is 1. The lowest BCUT2D eigenvalue weighted by atomic mass is 9.88. The molecule has 1 N–H and O–H groups in total. The largest absolute Gasteiger partial charge is 0.497 e. The summed E-state index contributed by atoms with van der Waals surface area (Å²) in [5.74, 6) is 0.386. The number of hydrogen-bond acceptors (Lipinski definition) is 4. The minimum absolute atomic E-state index is 0.0549. The molecule has 0 aromatic heterocycles. The number of amides is 1. The van der Waals surface area contributed by atoms with Gasteiger partial charge in [-0.1, -0.05) is 48.5 Å². The predicted octanol–water partition coefficient (Wildman–Crippen LogP) is 5.07. The van der Waals surface area contributed by atoms with Crippen molar-refractivity contribution in [3.63, 3.8) is 0 Å². The molecule has 0 bridgehead atoms. The molecule has 0 unspecified atom stereocenters. The summed E-state index contributed by atoms with van der Waals surface area (Å²) in [6, 6.07) is 21.9. The average Bonchev–Trinajstić information content (AvgIpc) is 2.74. The van der Waals surface area contributed by atoms with Gasteiger partial charge in [-0.15, -0.1) is 0 Å². The van der Waals surface area contributed by atoms with Crippen LogP contribution in [0.1, 0.15) is 29.0 Å². The normalized spacial score (nSPS) is 11.5. The molecule has 148 valence electrons. The maximum atomic E-state index is 12.8. The van der Waals surface area contributed by atoms with Crippen LogP contribution in [0.5, 0.6) is 5.75 Å². The number of nitro groups is 1. The Labute approximate surface area is 169 Å². The number of non-ortho nitro benzene ring substituents is 1. The lowest BCUT2D eigenvalue weighted by Gasteiger charge is -2.18. The van der Waals surface area contributed by atoms with Crippen molar-refractivity contribution in [2.45, 2.75) is 19.3 Å². The van der Waals surface area contributed by atoms with Gasteiger partial charge in [-0.25, -0.2) is 0 Å². The van der Waals surface area contributed by atoms with Crippen molar-refractivity contribution >= 4 is 17.3 Å². The zero-order valence-electron chi connectivity index (χ0n) is 16.3. The second kappa shape index (κ2) is 9.01. The van der Waals surface area contributed by atoms with Crippen LogP contribution >= 0.6 is 0 Å². The SMILES string of the molecule is COc1ccc([C@H](CC(=O)Nc2cc([N+](=O)[O-])ccc2C)c2ccccc2)cc1. The molecule has 6 nitrogen and oxygen atoms in total. The highest BCUT2D eigenvalue weighted by Gasteiger charge is 2.19. The molecular weight excluding hydrogens is 368 g/mol. The highest BCUT2D eigenvalue weighted by Crippen LogP contribution is 2.30.